The van der Waals surface area contributed by atoms with Gasteiger partial charge in [0.25, 0.3) is 0 Å². The zero-order chi connectivity index (χ0) is 27.4. The number of aromatic nitrogens is 5. The van der Waals surface area contributed by atoms with Gasteiger partial charge in [-0.1, -0.05) is 13.0 Å². The number of benzene rings is 1. The summed E-state index contributed by atoms with van der Waals surface area (Å²) < 4.78 is 44.9. The third-order valence-electron chi connectivity index (χ3n) is 5.43. The number of methoxy groups -OCH3 is 1. The molecule has 3 heterocycles. The standard InChI is InChI=1S/C25H26FN7O4S/c1-5-21(34)17-12-27-22(31-25-18(26)9-15(11-28-25)13-38(4,35)36)10-20(17)30-19-8-6-7-16(23(19)37-3)24-29-14-33(2)32-24/h6-12,14H,5,13H2,1-4H3,(H2,27,28,30,31). The Labute approximate surface area is 219 Å². The molecule has 11 nitrogen and oxygen atoms in total. The molecule has 1 aromatic carbocycles. The van der Waals surface area contributed by atoms with Gasteiger partial charge in [0.15, 0.2) is 38.8 Å². The van der Waals surface area contributed by atoms with Gasteiger partial charge in [-0.3, -0.25) is 9.48 Å². The third-order valence-corrected chi connectivity index (χ3v) is 6.29. The number of pyridine rings is 2. The quantitative estimate of drug-likeness (QED) is 0.284. The lowest BCUT2D eigenvalue weighted by atomic mass is 10.1. The number of para-hydroxylation sites is 1. The first-order chi connectivity index (χ1) is 18.1. The van der Waals surface area contributed by atoms with Gasteiger partial charge in [-0.2, -0.15) is 5.10 Å². The molecule has 0 saturated carbocycles. The number of hydrogen-bond acceptors (Lipinski definition) is 10. The number of carbonyl (C=O) groups excluding carboxylic acids is 1. The number of nitrogens with zero attached hydrogens (tertiary/aromatic N) is 5. The number of carbonyl (C=O) groups is 1. The zero-order valence-corrected chi connectivity index (χ0v) is 22.0. The number of halogens is 1. The van der Waals surface area contributed by atoms with Crippen molar-refractivity contribution in [1.82, 2.24) is 24.7 Å². The number of rotatable bonds is 10. The van der Waals surface area contributed by atoms with Crippen LogP contribution in [0.25, 0.3) is 11.4 Å². The molecule has 13 heteroatoms. The summed E-state index contributed by atoms with van der Waals surface area (Å²) in [7, 11) is -0.0606. The highest BCUT2D eigenvalue weighted by Crippen LogP contribution is 2.37. The molecule has 198 valence electrons. The molecule has 0 unspecified atom stereocenters. The Bertz CT molecular complexity index is 1610. The Morgan fingerprint density at radius 3 is 2.53 bits per heavy atom. The molecule has 0 amide bonds. The van der Waals surface area contributed by atoms with Crippen molar-refractivity contribution < 1.29 is 22.3 Å². The van der Waals surface area contributed by atoms with Crippen LogP contribution >= 0.6 is 0 Å². The van der Waals surface area contributed by atoms with Gasteiger partial charge in [0.2, 0.25) is 0 Å². The average Bonchev–Trinajstić information content (AvgIpc) is 3.30. The van der Waals surface area contributed by atoms with E-state index in [0.717, 1.165) is 12.3 Å². The number of sulfone groups is 1. The molecule has 38 heavy (non-hydrogen) atoms. The maximum Gasteiger partial charge on any atom is 0.184 e. The second-order valence-corrected chi connectivity index (χ2v) is 10.7. The summed E-state index contributed by atoms with van der Waals surface area (Å²) in [6, 6.07) is 8.06. The number of anilines is 4. The monoisotopic (exact) mass is 539 g/mol. The summed E-state index contributed by atoms with van der Waals surface area (Å²) in [6.07, 6.45) is 5.56. The van der Waals surface area contributed by atoms with E-state index in [2.05, 4.69) is 30.7 Å². The average molecular weight is 540 g/mol. The Balaban J connectivity index is 1.69. The number of aryl methyl sites for hydroxylation is 1. The third kappa shape index (κ3) is 6.11. The molecule has 0 aliphatic heterocycles. The van der Waals surface area contributed by atoms with Crippen LogP contribution in [0, 0.1) is 5.82 Å². The van der Waals surface area contributed by atoms with E-state index >= 15 is 0 Å². The van der Waals surface area contributed by atoms with Crippen LogP contribution in [0.3, 0.4) is 0 Å². The van der Waals surface area contributed by atoms with Crippen molar-refractivity contribution in [2.45, 2.75) is 19.1 Å². The first-order valence-corrected chi connectivity index (χ1v) is 13.6. The SMILES string of the molecule is CCC(=O)c1cnc(Nc2ncc(CS(C)(=O)=O)cc2F)cc1Nc1cccc(-c2ncn(C)n2)c1OC. The highest BCUT2D eigenvalue weighted by atomic mass is 32.2. The Morgan fingerprint density at radius 2 is 1.89 bits per heavy atom. The minimum Gasteiger partial charge on any atom is -0.494 e. The lowest BCUT2D eigenvalue weighted by Crippen LogP contribution is -2.08. The van der Waals surface area contributed by atoms with Gasteiger partial charge in [-0.15, -0.1) is 0 Å². The Hall–Kier alpha value is -4.39. The van der Waals surface area contributed by atoms with E-state index in [9.17, 15) is 17.6 Å². The highest BCUT2D eigenvalue weighted by Gasteiger charge is 2.18. The van der Waals surface area contributed by atoms with E-state index in [0.29, 0.717) is 34.1 Å². The van der Waals surface area contributed by atoms with E-state index in [1.807, 2.05) is 6.07 Å². The first-order valence-electron chi connectivity index (χ1n) is 11.5. The molecule has 0 aliphatic rings. The molecule has 0 bridgehead atoms. The highest BCUT2D eigenvalue weighted by molar-refractivity contribution is 7.89. The van der Waals surface area contributed by atoms with Crippen molar-refractivity contribution in [2.75, 3.05) is 24.0 Å². The van der Waals surface area contributed by atoms with Crippen molar-refractivity contribution in [1.29, 1.82) is 0 Å². The van der Waals surface area contributed by atoms with Crippen molar-refractivity contribution in [3.05, 3.63) is 66.0 Å². The molecule has 0 spiro atoms. The molecule has 4 aromatic rings. The van der Waals surface area contributed by atoms with Gasteiger partial charge >= 0.3 is 0 Å². The van der Waals surface area contributed by atoms with Gasteiger partial charge in [-0.05, 0) is 23.8 Å². The van der Waals surface area contributed by atoms with Crippen LogP contribution in [0.5, 0.6) is 5.75 Å². The predicted octanol–water partition coefficient (Wildman–Crippen LogP) is 4.04. The lowest BCUT2D eigenvalue weighted by molar-refractivity contribution is 0.0988. The number of hydrogen-bond donors (Lipinski definition) is 2. The normalized spacial score (nSPS) is 11.3. The maximum absolute atomic E-state index is 14.7. The summed E-state index contributed by atoms with van der Waals surface area (Å²) in [5, 5.41) is 10.4. The van der Waals surface area contributed by atoms with Crippen molar-refractivity contribution >= 4 is 38.6 Å². The van der Waals surface area contributed by atoms with Crippen LogP contribution in [0.4, 0.5) is 27.4 Å². The molecule has 0 fully saturated rings. The molecular weight excluding hydrogens is 513 g/mol. The summed E-state index contributed by atoms with van der Waals surface area (Å²) in [5.41, 5.74) is 2.17. The number of nitrogens with one attached hydrogen (secondary N) is 2. The second kappa shape index (κ2) is 10.9. The topological polar surface area (TPSA) is 141 Å². The zero-order valence-electron chi connectivity index (χ0n) is 21.2. The maximum atomic E-state index is 14.7. The second-order valence-electron chi connectivity index (χ2n) is 8.51. The fraction of sp³-hybridized carbons (Fsp3) is 0.240. The van der Waals surface area contributed by atoms with Gasteiger partial charge < -0.3 is 15.4 Å². The number of Topliss-reactive ketones (excluding diaryl/α,β-unsaturated/α-hetero) is 1. The molecule has 0 aliphatic carbocycles. The summed E-state index contributed by atoms with van der Waals surface area (Å²) in [5.74, 6) is -0.215. The lowest BCUT2D eigenvalue weighted by Gasteiger charge is -2.17. The molecule has 0 saturated heterocycles. The van der Waals surface area contributed by atoms with Crippen molar-refractivity contribution in [3.63, 3.8) is 0 Å². The van der Waals surface area contributed by atoms with E-state index in [1.165, 1.54) is 19.5 Å². The van der Waals surface area contributed by atoms with Crippen molar-refractivity contribution in [3.8, 4) is 17.1 Å². The smallest absolute Gasteiger partial charge is 0.184 e. The molecule has 2 N–H and O–H groups in total. The number of ketones is 1. The van der Waals surface area contributed by atoms with Crippen LogP contribution < -0.4 is 15.4 Å². The van der Waals surface area contributed by atoms with Gasteiger partial charge in [0.1, 0.15) is 12.1 Å². The van der Waals surface area contributed by atoms with E-state index in [1.54, 1.807) is 43.2 Å². The van der Waals surface area contributed by atoms with E-state index in [4.69, 9.17) is 4.74 Å². The van der Waals surface area contributed by atoms with E-state index < -0.39 is 15.7 Å². The summed E-state index contributed by atoms with van der Waals surface area (Å²) in [6.45, 7) is 1.74. The number of ether oxygens (including phenoxy) is 1. The summed E-state index contributed by atoms with van der Waals surface area (Å²) in [4.78, 5) is 25.2. The molecule has 0 radical (unpaired) electrons. The van der Waals surface area contributed by atoms with Crippen LogP contribution in [-0.4, -0.2) is 52.3 Å². The van der Waals surface area contributed by atoms with Crippen LogP contribution in [0.1, 0.15) is 29.3 Å². The van der Waals surface area contributed by atoms with E-state index in [-0.39, 0.29) is 35.2 Å². The van der Waals surface area contributed by atoms with Gasteiger partial charge in [0, 0.05) is 38.2 Å². The fourth-order valence-electron chi connectivity index (χ4n) is 3.75. The molecule has 0 atom stereocenters. The van der Waals surface area contributed by atoms with Gasteiger partial charge in [0.05, 0.1) is 35.4 Å². The van der Waals surface area contributed by atoms with Gasteiger partial charge in [-0.25, -0.2) is 27.8 Å². The van der Waals surface area contributed by atoms with Crippen LogP contribution in [0.2, 0.25) is 0 Å². The molecule has 4 rings (SSSR count). The first kappa shape index (κ1) is 26.7. The summed E-state index contributed by atoms with van der Waals surface area (Å²) >= 11 is 0. The van der Waals surface area contributed by atoms with Crippen molar-refractivity contribution in [2.24, 2.45) is 7.05 Å². The Morgan fingerprint density at radius 1 is 1.11 bits per heavy atom. The van der Waals surface area contributed by atoms with Crippen LogP contribution in [-0.2, 0) is 22.6 Å². The largest absolute Gasteiger partial charge is 0.494 e. The minimum absolute atomic E-state index is 0.143. The predicted molar refractivity (Wildman–Crippen MR) is 141 cm³/mol. The minimum atomic E-state index is -3.34. The Kier molecular flexibility index (Phi) is 7.67. The fourth-order valence-corrected chi connectivity index (χ4v) is 4.51. The molecular formula is C25H26FN7O4S. The molecule has 3 aromatic heterocycles. The van der Waals surface area contributed by atoms with Crippen LogP contribution in [0.15, 0.2) is 49.1 Å².